The van der Waals surface area contributed by atoms with Crippen LogP contribution in [0, 0.1) is 0 Å². The molecule has 0 bridgehead atoms. The van der Waals surface area contributed by atoms with Crippen molar-refractivity contribution in [2.24, 2.45) is 0 Å². The van der Waals surface area contributed by atoms with Gasteiger partial charge in [0.15, 0.2) is 0 Å². The average Bonchev–Trinajstić information content (AvgIpc) is 3.10. The number of hydrogen-bond acceptors (Lipinski definition) is 4. The van der Waals surface area contributed by atoms with E-state index in [-0.39, 0.29) is 29.4 Å². The number of rotatable bonds is 6. The minimum absolute atomic E-state index is 0.0376. The molecule has 2 N–H and O–H groups in total. The van der Waals surface area contributed by atoms with Gasteiger partial charge >= 0.3 is 12.3 Å². The standard InChI is InChI=1S/C22H24F2N4O3/c1-14(20(29)25-15-6-8-17(9-7-15)31-21(23)24)27-12-10-16(11-13-27)28-19-5-3-2-4-18(19)26-22(28)30/h2-9,14,16,21H,10-13H2,1H3,(H,25,29)(H,26,30). The van der Waals surface area contributed by atoms with Gasteiger partial charge in [-0.3, -0.25) is 14.3 Å². The van der Waals surface area contributed by atoms with Crippen LogP contribution in [-0.2, 0) is 4.79 Å². The number of imidazole rings is 1. The van der Waals surface area contributed by atoms with Gasteiger partial charge in [-0.15, -0.1) is 0 Å². The molecular formula is C22H24F2N4O3. The molecule has 1 atom stereocenters. The van der Waals surface area contributed by atoms with Gasteiger partial charge in [-0.1, -0.05) is 12.1 Å². The number of alkyl halides is 2. The maximum absolute atomic E-state index is 12.6. The van der Waals surface area contributed by atoms with Crippen LogP contribution in [0.2, 0.25) is 0 Å². The molecule has 1 unspecified atom stereocenters. The molecule has 1 fully saturated rings. The Balaban J connectivity index is 1.35. The summed E-state index contributed by atoms with van der Waals surface area (Å²) in [5.74, 6) is -0.138. The number of benzene rings is 2. The lowest BCUT2D eigenvalue weighted by Crippen LogP contribution is -2.46. The second-order valence-corrected chi connectivity index (χ2v) is 7.65. The van der Waals surface area contributed by atoms with E-state index in [1.54, 1.807) is 0 Å². The van der Waals surface area contributed by atoms with Gasteiger partial charge in [0.1, 0.15) is 5.75 Å². The molecule has 0 saturated carbocycles. The lowest BCUT2D eigenvalue weighted by molar-refractivity contribution is -0.121. The van der Waals surface area contributed by atoms with Gasteiger partial charge in [0.25, 0.3) is 0 Å². The lowest BCUT2D eigenvalue weighted by Gasteiger charge is -2.35. The molecule has 3 aromatic rings. The fourth-order valence-corrected chi connectivity index (χ4v) is 4.10. The Morgan fingerprint density at radius 1 is 1.13 bits per heavy atom. The van der Waals surface area contributed by atoms with Gasteiger partial charge in [-0.05, 0) is 56.2 Å². The summed E-state index contributed by atoms with van der Waals surface area (Å²) >= 11 is 0. The van der Waals surface area contributed by atoms with E-state index in [0.29, 0.717) is 18.8 Å². The van der Waals surface area contributed by atoms with Gasteiger partial charge in [0.2, 0.25) is 5.91 Å². The molecule has 0 spiro atoms. The van der Waals surface area contributed by atoms with Crippen molar-refractivity contribution >= 4 is 22.6 Å². The Bertz CT molecular complexity index is 1100. The molecule has 4 rings (SSSR count). The average molecular weight is 430 g/mol. The van der Waals surface area contributed by atoms with Crippen molar-refractivity contribution in [3.05, 3.63) is 59.0 Å². The van der Waals surface area contributed by atoms with Crippen molar-refractivity contribution in [1.82, 2.24) is 14.5 Å². The summed E-state index contributed by atoms with van der Waals surface area (Å²) in [6.45, 7) is 0.323. The highest BCUT2D eigenvalue weighted by molar-refractivity contribution is 5.94. The fourth-order valence-electron chi connectivity index (χ4n) is 4.10. The molecular weight excluding hydrogens is 406 g/mol. The molecule has 2 heterocycles. The summed E-state index contributed by atoms with van der Waals surface area (Å²) < 4.78 is 30.6. The Labute approximate surface area is 177 Å². The molecule has 1 amide bonds. The second kappa shape index (κ2) is 8.89. The highest BCUT2D eigenvalue weighted by atomic mass is 19.3. The lowest BCUT2D eigenvalue weighted by atomic mass is 10.0. The van der Waals surface area contributed by atoms with Gasteiger partial charge < -0.3 is 15.0 Å². The number of H-pyrrole nitrogens is 1. The SMILES string of the molecule is CC(C(=O)Nc1ccc(OC(F)F)cc1)N1CCC(n2c(=O)[nH]c3ccccc32)CC1. The van der Waals surface area contributed by atoms with Crippen LogP contribution in [-0.4, -0.2) is 46.1 Å². The third kappa shape index (κ3) is 4.61. The van der Waals surface area contributed by atoms with E-state index >= 15 is 0 Å². The molecule has 1 saturated heterocycles. The van der Waals surface area contributed by atoms with E-state index in [1.807, 2.05) is 35.8 Å². The number of halogens is 2. The van der Waals surface area contributed by atoms with Crippen LogP contribution in [0.15, 0.2) is 53.3 Å². The zero-order valence-corrected chi connectivity index (χ0v) is 17.1. The summed E-state index contributed by atoms with van der Waals surface area (Å²) in [7, 11) is 0. The number of nitrogens with one attached hydrogen (secondary N) is 2. The van der Waals surface area contributed by atoms with E-state index < -0.39 is 6.61 Å². The fraction of sp³-hybridized carbons (Fsp3) is 0.364. The normalized spacial score (nSPS) is 16.5. The predicted octanol–water partition coefficient (Wildman–Crippen LogP) is 3.60. The number of nitrogens with zero attached hydrogens (tertiary/aromatic N) is 2. The monoisotopic (exact) mass is 430 g/mol. The van der Waals surface area contributed by atoms with Gasteiger partial charge in [-0.2, -0.15) is 8.78 Å². The van der Waals surface area contributed by atoms with Crippen molar-refractivity contribution in [1.29, 1.82) is 0 Å². The highest BCUT2D eigenvalue weighted by Crippen LogP contribution is 2.26. The van der Waals surface area contributed by atoms with Crippen LogP contribution < -0.4 is 15.7 Å². The van der Waals surface area contributed by atoms with E-state index in [9.17, 15) is 18.4 Å². The Kier molecular flexibility index (Phi) is 6.03. The number of carbonyl (C=O) groups excluding carboxylic acids is 1. The first-order valence-corrected chi connectivity index (χ1v) is 10.2. The molecule has 1 aromatic heterocycles. The first-order chi connectivity index (χ1) is 14.9. The number of hydrogen-bond donors (Lipinski definition) is 2. The quantitative estimate of drug-likeness (QED) is 0.626. The zero-order valence-electron chi connectivity index (χ0n) is 17.1. The first kappa shape index (κ1) is 21.0. The topological polar surface area (TPSA) is 79.4 Å². The zero-order chi connectivity index (χ0) is 22.0. The Morgan fingerprint density at radius 3 is 2.48 bits per heavy atom. The van der Waals surface area contributed by atoms with Crippen LogP contribution >= 0.6 is 0 Å². The third-order valence-electron chi connectivity index (χ3n) is 5.76. The number of anilines is 1. The first-order valence-electron chi connectivity index (χ1n) is 10.2. The maximum atomic E-state index is 12.6. The van der Waals surface area contributed by atoms with Gasteiger partial charge in [-0.25, -0.2) is 4.79 Å². The summed E-state index contributed by atoms with van der Waals surface area (Å²) in [5.41, 5.74) is 2.13. The second-order valence-electron chi connectivity index (χ2n) is 7.65. The van der Waals surface area contributed by atoms with Gasteiger partial charge in [0.05, 0.1) is 17.1 Å². The number of likely N-dealkylation sites (tertiary alicyclic amines) is 1. The van der Waals surface area contributed by atoms with Crippen molar-refractivity contribution in [2.75, 3.05) is 18.4 Å². The summed E-state index contributed by atoms with van der Waals surface area (Å²) in [6, 6.07) is 13.2. The van der Waals surface area contributed by atoms with E-state index in [0.717, 1.165) is 23.9 Å². The number of amides is 1. The molecule has 9 heteroatoms. The molecule has 0 radical (unpaired) electrons. The minimum atomic E-state index is -2.89. The molecule has 0 aliphatic carbocycles. The number of ether oxygens (including phenoxy) is 1. The van der Waals surface area contributed by atoms with Crippen LogP contribution in [0.1, 0.15) is 25.8 Å². The number of para-hydroxylation sites is 2. The van der Waals surface area contributed by atoms with Crippen LogP contribution in [0.25, 0.3) is 11.0 Å². The predicted molar refractivity (Wildman–Crippen MR) is 114 cm³/mol. The highest BCUT2D eigenvalue weighted by Gasteiger charge is 2.28. The smallest absolute Gasteiger partial charge is 0.387 e. The van der Waals surface area contributed by atoms with E-state index in [4.69, 9.17) is 0 Å². The van der Waals surface area contributed by atoms with E-state index in [1.165, 1.54) is 24.3 Å². The molecule has 31 heavy (non-hydrogen) atoms. The molecule has 2 aromatic carbocycles. The minimum Gasteiger partial charge on any atom is -0.435 e. The number of aromatic amines is 1. The van der Waals surface area contributed by atoms with Crippen molar-refractivity contribution in [3.63, 3.8) is 0 Å². The number of carbonyl (C=O) groups is 1. The summed E-state index contributed by atoms with van der Waals surface area (Å²) in [5, 5.41) is 2.81. The van der Waals surface area contributed by atoms with Crippen molar-refractivity contribution in [2.45, 2.75) is 38.5 Å². The summed E-state index contributed by atoms with van der Waals surface area (Å²) in [6.07, 6.45) is 1.53. The Morgan fingerprint density at radius 2 is 1.81 bits per heavy atom. The molecule has 164 valence electrons. The maximum Gasteiger partial charge on any atom is 0.387 e. The molecule has 1 aliphatic rings. The number of piperidine rings is 1. The van der Waals surface area contributed by atoms with Crippen LogP contribution in [0.5, 0.6) is 5.75 Å². The molecule has 7 nitrogen and oxygen atoms in total. The van der Waals surface area contributed by atoms with Crippen molar-refractivity contribution < 1.29 is 18.3 Å². The van der Waals surface area contributed by atoms with E-state index in [2.05, 4.69) is 19.9 Å². The number of aromatic nitrogens is 2. The number of fused-ring (bicyclic) bond motifs is 1. The largest absolute Gasteiger partial charge is 0.435 e. The Hall–Kier alpha value is -3.20. The van der Waals surface area contributed by atoms with Gasteiger partial charge in [0, 0.05) is 24.8 Å². The van der Waals surface area contributed by atoms with Crippen LogP contribution in [0.3, 0.4) is 0 Å². The van der Waals surface area contributed by atoms with Crippen molar-refractivity contribution in [3.8, 4) is 5.75 Å². The van der Waals surface area contributed by atoms with Crippen LogP contribution in [0.4, 0.5) is 14.5 Å². The third-order valence-corrected chi connectivity index (χ3v) is 5.76. The summed E-state index contributed by atoms with van der Waals surface area (Å²) in [4.78, 5) is 30.1. The molecule has 1 aliphatic heterocycles.